The van der Waals surface area contributed by atoms with Crippen LogP contribution in [0.2, 0.25) is 0 Å². The highest BCUT2D eigenvalue weighted by molar-refractivity contribution is 5.80. The zero-order chi connectivity index (χ0) is 21.2. The number of nitrogens with one attached hydrogen (secondary N) is 2. The van der Waals surface area contributed by atoms with E-state index in [-0.39, 0.29) is 5.91 Å². The molecule has 0 saturated carbocycles. The molecule has 30 heavy (non-hydrogen) atoms. The molecule has 0 aromatic heterocycles. The molecule has 0 aliphatic carbocycles. The van der Waals surface area contributed by atoms with E-state index >= 15 is 0 Å². The van der Waals surface area contributed by atoms with E-state index in [2.05, 4.69) is 53.6 Å². The summed E-state index contributed by atoms with van der Waals surface area (Å²) in [6.45, 7) is 12.0. The van der Waals surface area contributed by atoms with E-state index in [1.165, 1.54) is 31.5 Å². The monoisotopic (exact) mass is 413 g/mol. The Bertz CT molecular complexity index is 669. The lowest BCUT2D eigenvalue weighted by Crippen LogP contribution is -2.43. The van der Waals surface area contributed by atoms with Crippen molar-refractivity contribution in [3.05, 3.63) is 35.9 Å². The Kier molecular flexibility index (Phi) is 9.00. The number of hydrogen-bond donors (Lipinski definition) is 2. The van der Waals surface area contributed by atoms with Gasteiger partial charge in [0, 0.05) is 51.6 Å². The summed E-state index contributed by atoms with van der Waals surface area (Å²) in [7, 11) is 0. The topological polar surface area (TPSA) is 60.0 Å². The first kappa shape index (κ1) is 22.6. The smallest absolute Gasteiger partial charge is 0.223 e. The third-order valence-corrected chi connectivity index (χ3v) is 6.26. The minimum Gasteiger partial charge on any atom is -0.357 e. The second kappa shape index (κ2) is 11.9. The SMILES string of the molecule is CCNC(=NCC1CC(=O)N(CCc2ccccc2)C1)NCCN1CCC(C)CC1. The van der Waals surface area contributed by atoms with Crippen LogP contribution in [0.4, 0.5) is 0 Å². The van der Waals surface area contributed by atoms with Crippen LogP contribution in [0, 0.1) is 11.8 Å². The molecule has 1 aromatic rings. The number of hydrogen-bond acceptors (Lipinski definition) is 3. The summed E-state index contributed by atoms with van der Waals surface area (Å²) in [6.07, 6.45) is 4.15. The number of benzene rings is 1. The van der Waals surface area contributed by atoms with Crippen molar-refractivity contribution in [3.63, 3.8) is 0 Å². The normalized spacial score (nSPS) is 21.3. The molecule has 3 rings (SSSR count). The molecule has 6 heteroatoms. The molecular weight excluding hydrogens is 374 g/mol. The molecule has 6 nitrogen and oxygen atoms in total. The molecule has 0 spiro atoms. The van der Waals surface area contributed by atoms with Gasteiger partial charge in [-0.05, 0) is 50.8 Å². The average molecular weight is 414 g/mol. The predicted molar refractivity (Wildman–Crippen MR) is 124 cm³/mol. The van der Waals surface area contributed by atoms with E-state index in [0.717, 1.165) is 51.0 Å². The molecule has 0 radical (unpaired) electrons. The highest BCUT2D eigenvalue weighted by Crippen LogP contribution is 2.19. The zero-order valence-electron chi connectivity index (χ0n) is 18.8. The van der Waals surface area contributed by atoms with Gasteiger partial charge in [0.05, 0.1) is 0 Å². The van der Waals surface area contributed by atoms with E-state index in [1.54, 1.807) is 0 Å². The Hall–Kier alpha value is -2.08. The van der Waals surface area contributed by atoms with Gasteiger partial charge in [0.2, 0.25) is 5.91 Å². The second-order valence-electron chi connectivity index (χ2n) is 8.82. The van der Waals surface area contributed by atoms with Gasteiger partial charge in [-0.2, -0.15) is 0 Å². The Balaban J connectivity index is 1.39. The van der Waals surface area contributed by atoms with Crippen LogP contribution in [-0.4, -0.2) is 74.0 Å². The van der Waals surface area contributed by atoms with Crippen molar-refractivity contribution in [2.45, 2.75) is 39.5 Å². The van der Waals surface area contributed by atoms with Gasteiger partial charge in [0.15, 0.2) is 5.96 Å². The van der Waals surface area contributed by atoms with Crippen molar-refractivity contribution in [1.29, 1.82) is 0 Å². The van der Waals surface area contributed by atoms with Crippen molar-refractivity contribution in [3.8, 4) is 0 Å². The first-order valence-electron chi connectivity index (χ1n) is 11.7. The van der Waals surface area contributed by atoms with Gasteiger partial charge in [0.25, 0.3) is 0 Å². The van der Waals surface area contributed by atoms with E-state index in [4.69, 9.17) is 4.99 Å². The number of guanidine groups is 1. The van der Waals surface area contributed by atoms with Gasteiger partial charge in [-0.25, -0.2) is 0 Å². The molecule has 1 aromatic carbocycles. The van der Waals surface area contributed by atoms with E-state index in [9.17, 15) is 4.79 Å². The van der Waals surface area contributed by atoms with E-state index in [0.29, 0.717) is 18.9 Å². The molecule has 1 unspecified atom stereocenters. The number of rotatable bonds is 9. The van der Waals surface area contributed by atoms with Crippen molar-refractivity contribution in [2.75, 3.05) is 52.4 Å². The van der Waals surface area contributed by atoms with Gasteiger partial charge >= 0.3 is 0 Å². The minimum atomic E-state index is 0.267. The number of piperidine rings is 1. The summed E-state index contributed by atoms with van der Waals surface area (Å²) in [5, 5.41) is 6.81. The summed E-state index contributed by atoms with van der Waals surface area (Å²) in [4.78, 5) is 21.7. The van der Waals surface area contributed by atoms with Crippen molar-refractivity contribution >= 4 is 11.9 Å². The maximum absolute atomic E-state index is 12.4. The average Bonchev–Trinajstić information content (AvgIpc) is 3.12. The van der Waals surface area contributed by atoms with Crippen molar-refractivity contribution in [1.82, 2.24) is 20.4 Å². The Labute approximate surface area is 182 Å². The molecule has 166 valence electrons. The van der Waals surface area contributed by atoms with Gasteiger partial charge in [-0.3, -0.25) is 9.79 Å². The third-order valence-electron chi connectivity index (χ3n) is 6.26. The largest absolute Gasteiger partial charge is 0.357 e. The fraction of sp³-hybridized carbons (Fsp3) is 0.667. The fourth-order valence-corrected chi connectivity index (χ4v) is 4.28. The second-order valence-corrected chi connectivity index (χ2v) is 8.82. The number of aliphatic imine (C=N–C) groups is 1. The molecular formula is C24H39N5O. The molecule has 1 atom stereocenters. The third kappa shape index (κ3) is 7.31. The quantitative estimate of drug-likeness (QED) is 0.482. The lowest BCUT2D eigenvalue weighted by atomic mass is 9.99. The van der Waals surface area contributed by atoms with Crippen LogP contribution in [0.1, 0.15) is 38.7 Å². The summed E-state index contributed by atoms with van der Waals surface area (Å²) in [5.41, 5.74) is 1.29. The van der Waals surface area contributed by atoms with Crippen LogP contribution in [0.5, 0.6) is 0 Å². The van der Waals surface area contributed by atoms with Gasteiger partial charge in [-0.1, -0.05) is 37.3 Å². The molecule has 0 bridgehead atoms. The fourth-order valence-electron chi connectivity index (χ4n) is 4.28. The maximum Gasteiger partial charge on any atom is 0.223 e. The Morgan fingerprint density at radius 3 is 2.63 bits per heavy atom. The lowest BCUT2D eigenvalue weighted by molar-refractivity contribution is -0.127. The Morgan fingerprint density at radius 1 is 1.13 bits per heavy atom. The molecule has 1 amide bonds. The van der Waals surface area contributed by atoms with Crippen molar-refractivity contribution in [2.24, 2.45) is 16.8 Å². The zero-order valence-corrected chi connectivity index (χ0v) is 18.8. The van der Waals surface area contributed by atoms with E-state index < -0.39 is 0 Å². The Morgan fingerprint density at radius 2 is 1.90 bits per heavy atom. The predicted octanol–water partition coefficient (Wildman–Crippen LogP) is 2.36. The number of carbonyl (C=O) groups excluding carboxylic acids is 1. The first-order valence-corrected chi connectivity index (χ1v) is 11.7. The van der Waals surface area contributed by atoms with Crippen LogP contribution in [0.25, 0.3) is 0 Å². The van der Waals surface area contributed by atoms with Crippen LogP contribution in [0.15, 0.2) is 35.3 Å². The minimum absolute atomic E-state index is 0.267. The molecule has 2 heterocycles. The number of nitrogens with zero attached hydrogens (tertiary/aromatic N) is 3. The van der Waals surface area contributed by atoms with Crippen molar-refractivity contribution < 1.29 is 4.79 Å². The highest BCUT2D eigenvalue weighted by Gasteiger charge is 2.29. The van der Waals surface area contributed by atoms with Gasteiger partial charge in [-0.15, -0.1) is 0 Å². The molecule has 2 N–H and O–H groups in total. The molecule has 2 aliphatic heterocycles. The van der Waals surface area contributed by atoms with Crippen LogP contribution in [0.3, 0.4) is 0 Å². The molecule has 2 fully saturated rings. The summed E-state index contributed by atoms with van der Waals surface area (Å²) in [5.74, 6) is 2.32. The van der Waals surface area contributed by atoms with Gasteiger partial charge < -0.3 is 20.4 Å². The number of amides is 1. The number of likely N-dealkylation sites (tertiary alicyclic amines) is 2. The van der Waals surface area contributed by atoms with E-state index in [1.807, 2.05) is 11.0 Å². The summed E-state index contributed by atoms with van der Waals surface area (Å²) >= 11 is 0. The molecule has 2 saturated heterocycles. The maximum atomic E-state index is 12.4. The lowest BCUT2D eigenvalue weighted by Gasteiger charge is -2.30. The van der Waals surface area contributed by atoms with Crippen LogP contribution in [-0.2, 0) is 11.2 Å². The number of carbonyl (C=O) groups is 1. The molecule has 2 aliphatic rings. The van der Waals surface area contributed by atoms with Crippen LogP contribution < -0.4 is 10.6 Å². The standard InChI is InChI=1S/C24H39N5O/c1-3-25-24(26-12-16-28-13-9-20(2)10-14-28)27-18-22-17-23(30)29(19-22)15-11-21-7-5-4-6-8-21/h4-8,20,22H,3,9-19H2,1-2H3,(H2,25,26,27). The summed E-state index contributed by atoms with van der Waals surface area (Å²) in [6, 6.07) is 10.4. The summed E-state index contributed by atoms with van der Waals surface area (Å²) < 4.78 is 0. The van der Waals surface area contributed by atoms with Gasteiger partial charge in [0.1, 0.15) is 0 Å². The highest BCUT2D eigenvalue weighted by atomic mass is 16.2. The first-order chi connectivity index (χ1) is 14.6. The van der Waals surface area contributed by atoms with Crippen LogP contribution >= 0.6 is 0 Å².